The standard InChI is InChI=1S/C11H5N5O7/c17-14(18)5-3-6-10(7(4-5)15(19)20)13-11(12-6)8-1-2-9(23-8)16(21)22/h1-4H,(H,12,13). The van der Waals surface area contributed by atoms with E-state index in [1.807, 2.05) is 0 Å². The Morgan fingerprint density at radius 3 is 2.30 bits per heavy atom. The second-order valence-electron chi connectivity index (χ2n) is 4.36. The van der Waals surface area contributed by atoms with Crippen LogP contribution in [0.25, 0.3) is 22.6 Å². The first-order chi connectivity index (χ1) is 10.9. The molecule has 0 saturated heterocycles. The zero-order valence-electron chi connectivity index (χ0n) is 11.0. The Kier molecular flexibility index (Phi) is 2.99. The lowest BCUT2D eigenvalue weighted by molar-refractivity contribution is -0.401. The van der Waals surface area contributed by atoms with Gasteiger partial charge in [-0.05, 0) is 6.07 Å². The van der Waals surface area contributed by atoms with Crippen LogP contribution in [-0.4, -0.2) is 24.7 Å². The summed E-state index contributed by atoms with van der Waals surface area (Å²) < 4.78 is 4.94. The number of hydrogen-bond acceptors (Lipinski definition) is 8. The number of rotatable bonds is 4. The maximum Gasteiger partial charge on any atom is 0.433 e. The van der Waals surface area contributed by atoms with Crippen LogP contribution in [0, 0.1) is 30.3 Å². The molecule has 0 aliphatic carbocycles. The molecule has 0 aliphatic heterocycles. The van der Waals surface area contributed by atoms with Gasteiger partial charge < -0.3 is 9.40 Å². The van der Waals surface area contributed by atoms with Crippen LogP contribution in [0.4, 0.5) is 17.3 Å². The van der Waals surface area contributed by atoms with Gasteiger partial charge in [-0.3, -0.25) is 30.3 Å². The van der Waals surface area contributed by atoms with Crippen molar-refractivity contribution in [2.75, 3.05) is 0 Å². The highest BCUT2D eigenvalue weighted by Gasteiger charge is 2.24. The number of nitro groups is 3. The molecule has 3 rings (SSSR count). The third-order valence-corrected chi connectivity index (χ3v) is 2.96. The van der Waals surface area contributed by atoms with Crippen LogP contribution in [0.15, 0.2) is 28.7 Å². The number of aromatic nitrogens is 2. The van der Waals surface area contributed by atoms with E-state index in [-0.39, 0.29) is 22.6 Å². The molecule has 0 radical (unpaired) electrons. The molecule has 12 heteroatoms. The first-order valence-corrected chi connectivity index (χ1v) is 5.94. The zero-order chi connectivity index (χ0) is 16.7. The number of H-pyrrole nitrogens is 1. The maximum atomic E-state index is 11.0. The average molecular weight is 319 g/mol. The lowest BCUT2D eigenvalue weighted by atomic mass is 10.2. The van der Waals surface area contributed by atoms with E-state index in [1.165, 1.54) is 6.07 Å². The Balaban J connectivity index is 2.20. The fraction of sp³-hybridized carbons (Fsp3) is 0. The van der Waals surface area contributed by atoms with Gasteiger partial charge >= 0.3 is 11.6 Å². The van der Waals surface area contributed by atoms with E-state index in [9.17, 15) is 30.3 Å². The van der Waals surface area contributed by atoms with Gasteiger partial charge in [-0.1, -0.05) is 0 Å². The Morgan fingerprint density at radius 2 is 1.74 bits per heavy atom. The fourth-order valence-electron chi connectivity index (χ4n) is 2.00. The van der Waals surface area contributed by atoms with Gasteiger partial charge in [0.2, 0.25) is 0 Å². The van der Waals surface area contributed by atoms with Crippen LogP contribution >= 0.6 is 0 Å². The predicted octanol–water partition coefficient (Wildman–Crippen LogP) is 2.55. The molecule has 0 saturated carbocycles. The lowest BCUT2D eigenvalue weighted by Gasteiger charge is -1.93. The van der Waals surface area contributed by atoms with Crippen LogP contribution in [-0.2, 0) is 0 Å². The van der Waals surface area contributed by atoms with Gasteiger partial charge in [-0.2, -0.15) is 0 Å². The quantitative estimate of drug-likeness (QED) is 0.564. The van der Waals surface area contributed by atoms with E-state index in [1.54, 1.807) is 0 Å². The molecular weight excluding hydrogens is 314 g/mol. The van der Waals surface area contributed by atoms with E-state index in [2.05, 4.69) is 9.97 Å². The van der Waals surface area contributed by atoms with Crippen LogP contribution < -0.4 is 0 Å². The van der Waals surface area contributed by atoms with Crippen molar-refractivity contribution in [1.29, 1.82) is 0 Å². The van der Waals surface area contributed by atoms with Crippen molar-refractivity contribution >= 4 is 28.3 Å². The molecule has 0 atom stereocenters. The number of furan rings is 1. The average Bonchev–Trinajstić information content (AvgIpc) is 3.12. The van der Waals surface area contributed by atoms with Crippen molar-refractivity contribution < 1.29 is 19.2 Å². The number of nitrogens with zero attached hydrogens (tertiary/aromatic N) is 4. The molecule has 23 heavy (non-hydrogen) atoms. The molecule has 0 aliphatic rings. The van der Waals surface area contributed by atoms with Crippen molar-refractivity contribution in [1.82, 2.24) is 9.97 Å². The summed E-state index contributed by atoms with van der Waals surface area (Å²) in [4.78, 5) is 36.7. The molecule has 2 aromatic heterocycles. The van der Waals surface area contributed by atoms with Crippen LogP contribution in [0.3, 0.4) is 0 Å². The topological polar surface area (TPSA) is 171 Å². The summed E-state index contributed by atoms with van der Waals surface area (Å²) in [6, 6.07) is 4.23. The summed E-state index contributed by atoms with van der Waals surface area (Å²) >= 11 is 0. The number of nitrogens with one attached hydrogen (secondary N) is 1. The normalized spacial score (nSPS) is 10.8. The smallest absolute Gasteiger partial charge is 0.397 e. The number of non-ortho nitro benzene ring substituents is 2. The zero-order valence-corrected chi connectivity index (χ0v) is 11.0. The van der Waals surface area contributed by atoms with Crippen molar-refractivity contribution in [2.45, 2.75) is 0 Å². The molecule has 1 N–H and O–H groups in total. The van der Waals surface area contributed by atoms with Crippen molar-refractivity contribution in [2.24, 2.45) is 0 Å². The Morgan fingerprint density at radius 1 is 1.00 bits per heavy atom. The molecule has 1 aromatic carbocycles. The van der Waals surface area contributed by atoms with Crippen LogP contribution in [0.2, 0.25) is 0 Å². The second kappa shape index (κ2) is 4.87. The number of nitro benzene ring substituents is 2. The molecule has 2 heterocycles. The predicted molar refractivity (Wildman–Crippen MR) is 73.8 cm³/mol. The van der Waals surface area contributed by atoms with Crippen LogP contribution in [0.1, 0.15) is 0 Å². The van der Waals surface area contributed by atoms with E-state index >= 15 is 0 Å². The highest BCUT2D eigenvalue weighted by Crippen LogP contribution is 2.32. The third-order valence-electron chi connectivity index (χ3n) is 2.96. The summed E-state index contributed by atoms with van der Waals surface area (Å²) in [5.41, 5.74) is -1.11. The van der Waals surface area contributed by atoms with Gasteiger partial charge in [0.25, 0.3) is 5.69 Å². The molecule has 12 nitrogen and oxygen atoms in total. The first-order valence-electron chi connectivity index (χ1n) is 5.94. The molecule has 0 fully saturated rings. The molecule has 3 aromatic rings. The molecule has 0 unspecified atom stereocenters. The number of hydrogen-bond donors (Lipinski definition) is 1. The van der Waals surface area contributed by atoms with E-state index < -0.39 is 32.0 Å². The monoisotopic (exact) mass is 319 g/mol. The fourth-order valence-corrected chi connectivity index (χ4v) is 2.00. The van der Waals surface area contributed by atoms with Gasteiger partial charge in [0.05, 0.1) is 27.5 Å². The largest absolute Gasteiger partial charge is 0.433 e. The summed E-state index contributed by atoms with van der Waals surface area (Å²) in [7, 11) is 0. The summed E-state index contributed by atoms with van der Waals surface area (Å²) in [5, 5.41) is 32.5. The minimum absolute atomic E-state index is 0.0169. The molecule has 0 spiro atoms. The van der Waals surface area contributed by atoms with Gasteiger partial charge in [-0.15, -0.1) is 0 Å². The highest BCUT2D eigenvalue weighted by atomic mass is 16.7. The van der Waals surface area contributed by atoms with Gasteiger partial charge in [0, 0.05) is 6.07 Å². The highest BCUT2D eigenvalue weighted by molar-refractivity contribution is 5.89. The van der Waals surface area contributed by atoms with Crippen LogP contribution in [0.5, 0.6) is 0 Å². The van der Waals surface area contributed by atoms with E-state index in [0.29, 0.717) is 0 Å². The Labute approximate surface area is 124 Å². The summed E-state index contributed by atoms with van der Waals surface area (Å²) in [5.74, 6) is -0.567. The maximum absolute atomic E-state index is 11.0. The number of aromatic amines is 1. The number of fused-ring (bicyclic) bond motifs is 1. The minimum Gasteiger partial charge on any atom is -0.397 e. The SMILES string of the molecule is O=[N+]([O-])c1cc([N+](=O)[O-])c2nc(-c3ccc([N+](=O)[O-])o3)[nH]c2c1. The van der Waals surface area contributed by atoms with Crippen molar-refractivity contribution in [3.8, 4) is 11.6 Å². The van der Waals surface area contributed by atoms with Gasteiger partial charge in [-0.25, -0.2) is 4.98 Å². The van der Waals surface area contributed by atoms with Crippen molar-refractivity contribution in [3.05, 3.63) is 54.6 Å². The van der Waals surface area contributed by atoms with Gasteiger partial charge in [0.15, 0.2) is 17.1 Å². The number of imidazole rings is 1. The number of benzene rings is 1. The minimum atomic E-state index is -0.801. The van der Waals surface area contributed by atoms with E-state index in [0.717, 1.165) is 18.2 Å². The first kappa shape index (κ1) is 14.1. The third kappa shape index (κ3) is 2.33. The molecule has 116 valence electrons. The molecule has 0 bridgehead atoms. The summed E-state index contributed by atoms with van der Waals surface area (Å²) in [6.45, 7) is 0. The Hall–Kier alpha value is -3.83. The van der Waals surface area contributed by atoms with E-state index in [4.69, 9.17) is 4.42 Å². The molecule has 0 amide bonds. The van der Waals surface area contributed by atoms with Crippen molar-refractivity contribution in [3.63, 3.8) is 0 Å². The Bertz CT molecular complexity index is 972. The second-order valence-corrected chi connectivity index (χ2v) is 4.36. The molecular formula is C11H5N5O7. The summed E-state index contributed by atoms with van der Waals surface area (Å²) in [6.07, 6.45) is 0. The lowest BCUT2D eigenvalue weighted by Crippen LogP contribution is -1.93. The van der Waals surface area contributed by atoms with Gasteiger partial charge in [0.1, 0.15) is 4.92 Å².